The molecule has 1 aromatic carbocycles. The van der Waals surface area contributed by atoms with Gasteiger partial charge in [0.15, 0.2) is 5.82 Å². The van der Waals surface area contributed by atoms with Crippen LogP contribution in [0.2, 0.25) is 5.02 Å². The van der Waals surface area contributed by atoms with Crippen molar-refractivity contribution >= 4 is 29.3 Å². The van der Waals surface area contributed by atoms with Gasteiger partial charge in [0.25, 0.3) is 5.91 Å². The van der Waals surface area contributed by atoms with Crippen molar-refractivity contribution in [2.45, 2.75) is 32.0 Å². The zero-order valence-electron chi connectivity index (χ0n) is 20.3. The van der Waals surface area contributed by atoms with Crippen LogP contribution in [0, 0.1) is 9.81 Å². The lowest BCUT2D eigenvalue weighted by Crippen LogP contribution is -2.35. The topological polar surface area (TPSA) is 167 Å². The van der Waals surface area contributed by atoms with Gasteiger partial charge in [-0.2, -0.15) is 9.99 Å². The van der Waals surface area contributed by atoms with Crippen LogP contribution in [-0.4, -0.2) is 62.3 Å². The summed E-state index contributed by atoms with van der Waals surface area (Å²) < 4.78 is 5.17. The standard InChI is InChI=1S/C23H24ClN9O5/c1-38-19-6-5-15(10-18(19)24)12-32(29-36)21-17(11-27-23(28-21)31-9-2-4-16(31)14-34)22(35)33(30-37)13-20-25-7-3-8-26-20/h3,5-8,10-11,16,34H,2,4,9,12-14H2,1H3/t16-/m0/s1. The zero-order chi connectivity index (χ0) is 27.1. The van der Waals surface area contributed by atoms with Crippen LogP contribution in [-0.2, 0) is 13.1 Å². The van der Waals surface area contributed by atoms with Crippen molar-refractivity contribution in [3.05, 3.63) is 74.6 Å². The van der Waals surface area contributed by atoms with E-state index in [-0.39, 0.29) is 48.9 Å². The Bertz CT molecular complexity index is 1300. The Hall–Kier alpha value is -4.30. The number of benzene rings is 1. The van der Waals surface area contributed by atoms with E-state index >= 15 is 0 Å². The summed E-state index contributed by atoms with van der Waals surface area (Å²) >= 11 is 6.24. The number of halogens is 1. The number of ether oxygens (including phenoxy) is 1. The van der Waals surface area contributed by atoms with Crippen LogP contribution >= 0.6 is 11.6 Å². The maximum atomic E-state index is 13.4. The van der Waals surface area contributed by atoms with Gasteiger partial charge >= 0.3 is 0 Å². The number of aliphatic hydroxyl groups excluding tert-OH is 1. The summed E-state index contributed by atoms with van der Waals surface area (Å²) in [7, 11) is 1.48. The second-order valence-corrected chi connectivity index (χ2v) is 8.70. The van der Waals surface area contributed by atoms with E-state index in [4.69, 9.17) is 16.3 Å². The van der Waals surface area contributed by atoms with Crippen molar-refractivity contribution in [1.82, 2.24) is 24.9 Å². The van der Waals surface area contributed by atoms with Gasteiger partial charge in [0.2, 0.25) is 5.95 Å². The molecule has 0 bridgehead atoms. The molecular weight excluding hydrogens is 518 g/mol. The van der Waals surface area contributed by atoms with E-state index < -0.39 is 5.91 Å². The van der Waals surface area contributed by atoms with E-state index in [9.17, 15) is 19.7 Å². The van der Waals surface area contributed by atoms with E-state index in [0.29, 0.717) is 27.9 Å². The van der Waals surface area contributed by atoms with Gasteiger partial charge in [0, 0.05) is 25.1 Å². The van der Waals surface area contributed by atoms with E-state index in [0.717, 1.165) is 17.9 Å². The Morgan fingerprint density at radius 3 is 2.66 bits per heavy atom. The van der Waals surface area contributed by atoms with Crippen LogP contribution in [0.5, 0.6) is 5.75 Å². The fraction of sp³-hybridized carbons (Fsp3) is 0.348. The van der Waals surface area contributed by atoms with Gasteiger partial charge in [-0.3, -0.25) is 4.79 Å². The Morgan fingerprint density at radius 2 is 2.00 bits per heavy atom. The number of rotatable bonds is 11. The Balaban J connectivity index is 1.73. The maximum absolute atomic E-state index is 13.4. The van der Waals surface area contributed by atoms with E-state index in [1.54, 1.807) is 29.2 Å². The predicted molar refractivity (Wildman–Crippen MR) is 137 cm³/mol. The summed E-state index contributed by atoms with van der Waals surface area (Å²) in [5.41, 5.74) is 0.384. The minimum absolute atomic E-state index is 0.107. The molecule has 1 saturated heterocycles. The van der Waals surface area contributed by atoms with Gasteiger partial charge in [-0.05, 0) is 36.6 Å². The average Bonchev–Trinajstić information content (AvgIpc) is 3.44. The van der Waals surface area contributed by atoms with Crippen molar-refractivity contribution in [2.75, 3.05) is 30.2 Å². The van der Waals surface area contributed by atoms with Crippen molar-refractivity contribution in [3.8, 4) is 5.75 Å². The van der Waals surface area contributed by atoms with Crippen LogP contribution in [0.4, 0.5) is 11.8 Å². The normalized spacial score (nSPS) is 14.7. The minimum atomic E-state index is -0.879. The lowest BCUT2D eigenvalue weighted by atomic mass is 10.2. The SMILES string of the molecule is COc1ccc(CN(N=O)c2nc(N3CCC[C@H]3CO)ncc2C(=O)N(Cc2ncccn2)N=O)cc1Cl. The number of methoxy groups -OCH3 is 1. The highest BCUT2D eigenvalue weighted by molar-refractivity contribution is 6.32. The molecule has 0 saturated carbocycles. The highest BCUT2D eigenvalue weighted by Gasteiger charge is 2.31. The second kappa shape index (κ2) is 12.3. The minimum Gasteiger partial charge on any atom is -0.495 e. The number of aliphatic hydroxyl groups is 1. The van der Waals surface area contributed by atoms with Crippen LogP contribution < -0.4 is 14.6 Å². The van der Waals surface area contributed by atoms with E-state index in [2.05, 4.69) is 30.5 Å². The molecule has 14 nitrogen and oxygen atoms in total. The Kier molecular flexibility index (Phi) is 8.66. The van der Waals surface area contributed by atoms with E-state index in [1.807, 2.05) is 0 Å². The summed E-state index contributed by atoms with van der Waals surface area (Å²) in [5, 5.41) is 17.6. The van der Waals surface area contributed by atoms with Crippen LogP contribution in [0.25, 0.3) is 0 Å². The molecule has 1 fully saturated rings. The molecule has 1 aliphatic heterocycles. The molecule has 198 valence electrons. The Morgan fingerprint density at radius 1 is 1.21 bits per heavy atom. The maximum Gasteiger partial charge on any atom is 0.282 e. The monoisotopic (exact) mass is 541 g/mol. The predicted octanol–water partition coefficient (Wildman–Crippen LogP) is 2.90. The smallest absolute Gasteiger partial charge is 0.282 e. The molecule has 1 amide bonds. The van der Waals surface area contributed by atoms with Crippen LogP contribution in [0.3, 0.4) is 0 Å². The zero-order valence-corrected chi connectivity index (χ0v) is 21.1. The number of amides is 1. The lowest BCUT2D eigenvalue weighted by molar-refractivity contribution is 0.0740. The number of hydrogen-bond acceptors (Lipinski definition) is 12. The lowest BCUT2D eigenvalue weighted by Gasteiger charge is -2.25. The highest BCUT2D eigenvalue weighted by Crippen LogP contribution is 2.30. The van der Waals surface area contributed by atoms with Gasteiger partial charge in [0.05, 0.1) is 41.9 Å². The first-order valence-corrected chi connectivity index (χ1v) is 12.0. The van der Waals surface area contributed by atoms with Crippen LogP contribution in [0.1, 0.15) is 34.6 Å². The van der Waals surface area contributed by atoms with Gasteiger partial charge < -0.3 is 14.7 Å². The quantitative estimate of drug-likeness (QED) is 0.280. The number of carbonyl (C=O) groups excluding carboxylic acids is 1. The Labute approximate surface area is 222 Å². The van der Waals surface area contributed by atoms with Gasteiger partial charge in [-0.25, -0.2) is 20.0 Å². The number of nitroso groups, excluding NO2 is 2. The second-order valence-electron chi connectivity index (χ2n) is 8.30. The van der Waals surface area contributed by atoms with Crippen molar-refractivity contribution < 1.29 is 14.6 Å². The molecule has 0 aliphatic carbocycles. The summed E-state index contributed by atoms with van der Waals surface area (Å²) in [6, 6.07) is 6.28. The third-order valence-corrected chi connectivity index (χ3v) is 6.26. The third kappa shape index (κ3) is 5.81. The molecule has 4 rings (SSSR count). The fourth-order valence-electron chi connectivity index (χ4n) is 4.08. The number of hydrogen-bond donors (Lipinski definition) is 1. The molecule has 1 atom stereocenters. The van der Waals surface area contributed by atoms with E-state index in [1.165, 1.54) is 25.7 Å². The third-order valence-electron chi connectivity index (χ3n) is 5.97. The molecule has 15 heteroatoms. The van der Waals surface area contributed by atoms with Crippen molar-refractivity contribution in [3.63, 3.8) is 0 Å². The van der Waals surface area contributed by atoms with Crippen molar-refractivity contribution in [2.24, 2.45) is 10.6 Å². The summed E-state index contributed by atoms with van der Waals surface area (Å²) in [4.78, 5) is 55.7. The van der Waals surface area contributed by atoms with Gasteiger partial charge in [-0.1, -0.05) is 17.7 Å². The molecule has 38 heavy (non-hydrogen) atoms. The largest absolute Gasteiger partial charge is 0.495 e. The molecule has 3 aromatic rings. The van der Waals surface area contributed by atoms with Crippen LogP contribution in [0.15, 0.2) is 53.4 Å². The number of carbonyl (C=O) groups is 1. The fourth-order valence-corrected chi connectivity index (χ4v) is 4.36. The average molecular weight is 542 g/mol. The summed E-state index contributed by atoms with van der Waals surface area (Å²) in [6.45, 7) is 0.0442. The highest BCUT2D eigenvalue weighted by atomic mass is 35.5. The molecule has 1 N–H and O–H groups in total. The first kappa shape index (κ1) is 26.8. The molecule has 1 aliphatic rings. The summed E-state index contributed by atoms with van der Waals surface area (Å²) in [5.74, 6) is -0.197. The summed E-state index contributed by atoms with van der Waals surface area (Å²) in [6.07, 6.45) is 5.67. The number of anilines is 2. The number of aromatic nitrogens is 4. The molecule has 0 radical (unpaired) electrons. The first-order valence-electron chi connectivity index (χ1n) is 11.6. The molecular formula is C23H24ClN9O5. The first-order chi connectivity index (χ1) is 18.5. The van der Waals surface area contributed by atoms with Crippen molar-refractivity contribution in [1.29, 1.82) is 0 Å². The molecule has 0 spiro atoms. The van der Waals surface area contributed by atoms with Gasteiger partial charge in [0.1, 0.15) is 23.7 Å². The van der Waals surface area contributed by atoms with Gasteiger partial charge in [-0.15, -0.1) is 9.81 Å². The molecule has 2 aromatic heterocycles. The molecule has 0 unspecified atom stereocenters. The molecule has 3 heterocycles. The number of nitrogens with zero attached hydrogens (tertiary/aromatic N) is 9.